The van der Waals surface area contributed by atoms with Crippen molar-refractivity contribution >= 4 is 27.0 Å². The van der Waals surface area contributed by atoms with Crippen LogP contribution in [0.25, 0.3) is 11.0 Å². The Morgan fingerprint density at radius 1 is 1.30 bits per heavy atom. The van der Waals surface area contributed by atoms with Gasteiger partial charge in [-0.2, -0.15) is 9.29 Å². The molecule has 0 unspecified atom stereocenters. The molecule has 1 aliphatic carbocycles. The fourth-order valence-corrected chi connectivity index (χ4v) is 5.35. The molecule has 3 heterocycles. The quantitative estimate of drug-likeness (QED) is 0.611. The number of aromatic nitrogens is 3. The Labute approximate surface area is 174 Å². The van der Waals surface area contributed by atoms with E-state index in [1.165, 1.54) is 14.9 Å². The molecule has 0 aromatic carbocycles. The van der Waals surface area contributed by atoms with Crippen molar-refractivity contribution < 1.29 is 18.6 Å². The lowest BCUT2D eigenvalue weighted by molar-refractivity contribution is 0.0267. The largest absolute Gasteiger partial charge is 0.390 e. The van der Waals surface area contributed by atoms with Gasteiger partial charge in [-0.05, 0) is 38.7 Å². The van der Waals surface area contributed by atoms with Gasteiger partial charge in [0.25, 0.3) is 5.56 Å². The van der Waals surface area contributed by atoms with E-state index in [2.05, 4.69) is 15.3 Å². The summed E-state index contributed by atoms with van der Waals surface area (Å²) < 4.78 is 26.2. The number of anilines is 1. The van der Waals surface area contributed by atoms with Crippen LogP contribution in [0.2, 0.25) is 0 Å². The van der Waals surface area contributed by atoms with E-state index in [0.717, 1.165) is 12.7 Å². The topological polar surface area (TPSA) is 138 Å². The highest BCUT2D eigenvalue weighted by atomic mass is 32.2. The fraction of sp³-hybridized carbons (Fsp3) is 0.632. The molecule has 4 rings (SSSR count). The van der Waals surface area contributed by atoms with Gasteiger partial charge in [0.1, 0.15) is 5.65 Å². The molecule has 30 heavy (non-hydrogen) atoms. The van der Waals surface area contributed by atoms with Gasteiger partial charge >= 0.3 is 0 Å². The van der Waals surface area contributed by atoms with Crippen LogP contribution in [-0.4, -0.2) is 74.6 Å². The van der Waals surface area contributed by atoms with Crippen molar-refractivity contribution in [2.75, 3.05) is 24.7 Å². The average molecular weight is 438 g/mol. The Morgan fingerprint density at radius 3 is 2.70 bits per heavy atom. The monoisotopic (exact) mass is 437 g/mol. The third-order valence-electron chi connectivity index (χ3n) is 6.19. The minimum atomic E-state index is -3.36. The van der Waals surface area contributed by atoms with Gasteiger partial charge in [0, 0.05) is 30.7 Å². The van der Waals surface area contributed by atoms with Crippen LogP contribution >= 0.6 is 0 Å². The van der Waals surface area contributed by atoms with Gasteiger partial charge in [-0.3, -0.25) is 9.36 Å². The molecule has 0 amide bonds. The second-order valence-electron chi connectivity index (χ2n) is 8.51. The molecule has 2 fully saturated rings. The molecule has 1 saturated heterocycles. The van der Waals surface area contributed by atoms with E-state index in [0.29, 0.717) is 30.3 Å². The van der Waals surface area contributed by atoms with Crippen LogP contribution in [0.4, 0.5) is 5.95 Å². The van der Waals surface area contributed by atoms with Crippen molar-refractivity contribution in [3.05, 3.63) is 28.7 Å². The molecule has 0 spiro atoms. The van der Waals surface area contributed by atoms with Crippen LogP contribution in [0, 0.1) is 0 Å². The highest BCUT2D eigenvalue weighted by Gasteiger charge is 2.39. The molecule has 1 saturated carbocycles. The van der Waals surface area contributed by atoms with E-state index in [1.54, 1.807) is 19.2 Å². The Hall–Kier alpha value is -2.08. The van der Waals surface area contributed by atoms with E-state index in [1.807, 2.05) is 0 Å². The molecular formula is C19H27N5O5S. The Kier molecular flexibility index (Phi) is 5.33. The van der Waals surface area contributed by atoms with Crippen LogP contribution in [0.5, 0.6) is 0 Å². The van der Waals surface area contributed by atoms with Crippen molar-refractivity contribution in [1.82, 2.24) is 18.8 Å². The van der Waals surface area contributed by atoms with Gasteiger partial charge in [0.05, 0.1) is 30.0 Å². The number of hydrogen-bond donors (Lipinski definition) is 3. The van der Waals surface area contributed by atoms with Crippen molar-refractivity contribution in [2.45, 2.75) is 56.4 Å². The number of nitrogens with one attached hydrogen (secondary N) is 1. The van der Waals surface area contributed by atoms with E-state index in [-0.39, 0.29) is 30.6 Å². The number of aliphatic hydroxyl groups is 2. The average Bonchev–Trinajstić information content (AvgIpc) is 3.01. The first-order chi connectivity index (χ1) is 14.1. The van der Waals surface area contributed by atoms with Gasteiger partial charge in [-0.15, -0.1) is 0 Å². The summed E-state index contributed by atoms with van der Waals surface area (Å²) in [6.07, 6.45) is 4.32. The number of β-amino-alcohol motifs (C(OH)–C–C–N with tert-alkyl or cyclic N) is 1. The Bertz CT molecular complexity index is 1120. The number of sulfonamides is 1. The fourth-order valence-electron chi connectivity index (χ4n) is 4.49. The molecule has 1 aliphatic heterocycles. The first kappa shape index (κ1) is 21.2. The molecule has 4 atom stereocenters. The summed E-state index contributed by atoms with van der Waals surface area (Å²) in [5.41, 5.74) is -0.804. The highest BCUT2D eigenvalue weighted by molar-refractivity contribution is 7.88. The maximum Gasteiger partial charge on any atom is 0.252 e. The lowest BCUT2D eigenvalue weighted by Gasteiger charge is -2.34. The molecule has 10 nitrogen and oxygen atoms in total. The first-order valence-electron chi connectivity index (χ1n) is 10.1. The number of piperidine rings is 1. The molecular weight excluding hydrogens is 410 g/mol. The minimum Gasteiger partial charge on any atom is -0.390 e. The molecule has 3 N–H and O–H groups in total. The molecule has 2 aromatic rings. The maximum absolute atomic E-state index is 12.7. The Morgan fingerprint density at radius 2 is 2.07 bits per heavy atom. The molecule has 0 bridgehead atoms. The molecule has 2 aromatic heterocycles. The SMILES string of the molecule is C[C@@]1(O)CCC[C@H]1n1c(=O)ccc2cnc(N[C@@H]3CCN(S(C)(=O)=O)C[C@H]3O)nc21. The number of fused-ring (bicyclic) bond motifs is 1. The van der Waals surface area contributed by atoms with Crippen molar-refractivity contribution in [3.8, 4) is 0 Å². The summed E-state index contributed by atoms with van der Waals surface area (Å²) in [6.45, 7) is 2.03. The lowest BCUT2D eigenvalue weighted by Crippen LogP contribution is -2.51. The number of nitrogens with zero attached hydrogens (tertiary/aromatic N) is 4. The van der Waals surface area contributed by atoms with E-state index in [9.17, 15) is 23.4 Å². The second kappa shape index (κ2) is 7.56. The molecule has 164 valence electrons. The van der Waals surface area contributed by atoms with Crippen molar-refractivity contribution in [1.29, 1.82) is 0 Å². The standard InChI is InChI=1S/C19H27N5O5S/c1-19(27)8-3-4-15(19)24-16(26)6-5-12-10-20-18(22-17(12)24)21-13-7-9-23(11-14(13)25)30(2,28)29/h5-6,10,13-15,25,27H,3-4,7-9,11H2,1-2H3,(H,20,21,22)/t13-,14-,15-,19-/m1/s1. The van der Waals surface area contributed by atoms with Crippen molar-refractivity contribution in [2.24, 2.45) is 0 Å². The van der Waals surface area contributed by atoms with Gasteiger partial charge in [0.15, 0.2) is 0 Å². The third-order valence-corrected chi connectivity index (χ3v) is 7.45. The summed E-state index contributed by atoms with van der Waals surface area (Å²) in [6, 6.07) is 2.32. The Balaban J connectivity index is 1.64. The van der Waals surface area contributed by atoms with Crippen LogP contribution < -0.4 is 10.9 Å². The van der Waals surface area contributed by atoms with Crippen molar-refractivity contribution in [3.63, 3.8) is 0 Å². The predicted molar refractivity (Wildman–Crippen MR) is 112 cm³/mol. The summed E-state index contributed by atoms with van der Waals surface area (Å²) >= 11 is 0. The smallest absolute Gasteiger partial charge is 0.252 e. The first-order valence-corrected chi connectivity index (χ1v) is 11.9. The van der Waals surface area contributed by atoms with Gasteiger partial charge < -0.3 is 15.5 Å². The van der Waals surface area contributed by atoms with Crippen LogP contribution in [0.1, 0.15) is 38.6 Å². The minimum absolute atomic E-state index is 0.000267. The summed E-state index contributed by atoms with van der Waals surface area (Å²) in [5.74, 6) is 0.247. The van der Waals surface area contributed by atoms with Crippen LogP contribution in [-0.2, 0) is 10.0 Å². The molecule has 0 radical (unpaired) electrons. The summed E-state index contributed by atoms with van der Waals surface area (Å²) in [4.78, 5) is 21.5. The lowest BCUT2D eigenvalue weighted by atomic mass is 10.00. The zero-order valence-electron chi connectivity index (χ0n) is 17.0. The van der Waals surface area contributed by atoms with Gasteiger partial charge in [-0.1, -0.05) is 0 Å². The zero-order chi connectivity index (χ0) is 21.7. The summed E-state index contributed by atoms with van der Waals surface area (Å²) in [5, 5.41) is 24.9. The van der Waals surface area contributed by atoms with Gasteiger partial charge in [0.2, 0.25) is 16.0 Å². The van der Waals surface area contributed by atoms with E-state index < -0.39 is 27.8 Å². The second-order valence-corrected chi connectivity index (χ2v) is 10.5. The number of hydrogen-bond acceptors (Lipinski definition) is 8. The number of pyridine rings is 1. The van der Waals surface area contributed by atoms with Crippen LogP contribution in [0.15, 0.2) is 23.1 Å². The molecule has 2 aliphatic rings. The van der Waals surface area contributed by atoms with E-state index >= 15 is 0 Å². The predicted octanol–water partition coefficient (Wildman–Crippen LogP) is 0.0742. The maximum atomic E-state index is 12.7. The van der Waals surface area contributed by atoms with Gasteiger partial charge in [-0.25, -0.2) is 13.4 Å². The zero-order valence-corrected chi connectivity index (χ0v) is 17.8. The molecule has 11 heteroatoms. The third kappa shape index (κ3) is 3.94. The normalized spacial score (nSPS) is 30.6. The highest BCUT2D eigenvalue weighted by Crippen LogP contribution is 2.39. The number of rotatable bonds is 4. The number of aliphatic hydroxyl groups excluding tert-OH is 1. The van der Waals surface area contributed by atoms with Crippen LogP contribution in [0.3, 0.4) is 0 Å². The van der Waals surface area contributed by atoms with E-state index in [4.69, 9.17) is 0 Å². The summed E-state index contributed by atoms with van der Waals surface area (Å²) in [7, 11) is -3.36.